The predicted octanol–water partition coefficient (Wildman–Crippen LogP) is 2.81. The summed E-state index contributed by atoms with van der Waals surface area (Å²) in [6, 6.07) is 6.24. The van der Waals surface area contributed by atoms with E-state index in [1.807, 2.05) is 16.8 Å². The summed E-state index contributed by atoms with van der Waals surface area (Å²) in [5.74, 6) is 1.58. The average Bonchev–Trinajstić information content (AvgIpc) is 2.94. The predicted molar refractivity (Wildman–Crippen MR) is 79.1 cm³/mol. The summed E-state index contributed by atoms with van der Waals surface area (Å²) in [6.07, 6.45) is 4.10. The van der Waals surface area contributed by atoms with Crippen molar-refractivity contribution < 1.29 is 9.84 Å². The SMILES string of the molecule is CC(C)n1ncnc1COc1ccc2c(c1)[C@H](O)CCC2. The van der Waals surface area contributed by atoms with Gasteiger partial charge in [0, 0.05) is 6.04 Å². The molecular weight excluding hydrogens is 266 g/mol. The summed E-state index contributed by atoms with van der Waals surface area (Å²) >= 11 is 0. The highest BCUT2D eigenvalue weighted by Crippen LogP contribution is 2.32. The molecule has 1 atom stereocenters. The minimum Gasteiger partial charge on any atom is -0.486 e. The van der Waals surface area contributed by atoms with Crippen LogP contribution in [0.5, 0.6) is 5.75 Å². The van der Waals surface area contributed by atoms with Gasteiger partial charge in [0.25, 0.3) is 0 Å². The number of fused-ring (bicyclic) bond motifs is 1. The van der Waals surface area contributed by atoms with Crippen LogP contribution in [0, 0.1) is 0 Å². The first-order valence-electron chi connectivity index (χ1n) is 7.47. The third-order valence-corrected chi connectivity index (χ3v) is 3.90. The first-order valence-corrected chi connectivity index (χ1v) is 7.47. The first-order chi connectivity index (χ1) is 10.1. The van der Waals surface area contributed by atoms with Crippen LogP contribution >= 0.6 is 0 Å². The Hall–Kier alpha value is -1.88. The molecule has 0 bridgehead atoms. The first kappa shape index (κ1) is 14.1. The molecule has 0 fully saturated rings. The van der Waals surface area contributed by atoms with Crippen molar-refractivity contribution in [2.24, 2.45) is 0 Å². The Kier molecular flexibility index (Phi) is 3.92. The molecule has 112 valence electrons. The van der Waals surface area contributed by atoms with E-state index in [1.165, 1.54) is 5.56 Å². The lowest BCUT2D eigenvalue weighted by atomic mass is 9.89. The largest absolute Gasteiger partial charge is 0.486 e. The summed E-state index contributed by atoms with van der Waals surface area (Å²) in [5, 5.41) is 14.3. The maximum atomic E-state index is 10.1. The molecule has 1 N–H and O–H groups in total. The van der Waals surface area contributed by atoms with Crippen molar-refractivity contribution in [3.63, 3.8) is 0 Å². The molecule has 3 rings (SSSR count). The van der Waals surface area contributed by atoms with E-state index in [0.29, 0.717) is 6.61 Å². The molecule has 1 aliphatic rings. The van der Waals surface area contributed by atoms with E-state index in [4.69, 9.17) is 4.74 Å². The van der Waals surface area contributed by atoms with Crippen LogP contribution in [-0.4, -0.2) is 19.9 Å². The molecule has 5 heteroatoms. The van der Waals surface area contributed by atoms with Gasteiger partial charge in [0.05, 0.1) is 6.10 Å². The van der Waals surface area contributed by atoms with Gasteiger partial charge in [0.1, 0.15) is 18.7 Å². The molecule has 0 aliphatic heterocycles. The fraction of sp³-hybridized carbons (Fsp3) is 0.500. The standard InChI is InChI=1S/C16H21N3O2/c1-11(2)19-16(17-10-18-19)9-21-13-7-6-12-4-3-5-15(20)14(12)8-13/h6-8,10-11,15,20H,3-5,9H2,1-2H3/t15-/m1/s1. The zero-order chi connectivity index (χ0) is 14.8. The van der Waals surface area contributed by atoms with E-state index in [-0.39, 0.29) is 12.1 Å². The van der Waals surface area contributed by atoms with Gasteiger partial charge in [-0.1, -0.05) is 6.07 Å². The molecule has 1 aromatic carbocycles. The Labute approximate surface area is 124 Å². The van der Waals surface area contributed by atoms with Crippen LogP contribution in [0.2, 0.25) is 0 Å². The van der Waals surface area contributed by atoms with Gasteiger partial charge in [-0.25, -0.2) is 9.67 Å². The van der Waals surface area contributed by atoms with Crippen molar-refractivity contribution in [3.05, 3.63) is 41.5 Å². The quantitative estimate of drug-likeness (QED) is 0.939. The van der Waals surface area contributed by atoms with Crippen LogP contribution in [0.1, 0.15) is 55.8 Å². The number of nitrogens with zero attached hydrogens (tertiary/aromatic N) is 3. The van der Waals surface area contributed by atoms with E-state index < -0.39 is 0 Å². The van der Waals surface area contributed by atoms with Crippen LogP contribution in [-0.2, 0) is 13.0 Å². The van der Waals surface area contributed by atoms with Gasteiger partial charge in [-0.3, -0.25) is 0 Å². The molecule has 0 unspecified atom stereocenters. The van der Waals surface area contributed by atoms with Gasteiger partial charge in [-0.15, -0.1) is 0 Å². The second-order valence-corrected chi connectivity index (χ2v) is 5.77. The molecule has 0 radical (unpaired) electrons. The molecule has 5 nitrogen and oxygen atoms in total. The summed E-state index contributed by atoms with van der Waals surface area (Å²) in [4.78, 5) is 4.23. The van der Waals surface area contributed by atoms with Crippen LogP contribution in [0.25, 0.3) is 0 Å². The van der Waals surface area contributed by atoms with E-state index in [1.54, 1.807) is 6.33 Å². The number of hydrogen-bond donors (Lipinski definition) is 1. The maximum Gasteiger partial charge on any atom is 0.165 e. The molecular formula is C16H21N3O2. The number of aliphatic hydroxyl groups is 1. The number of aryl methyl sites for hydroxylation is 1. The topological polar surface area (TPSA) is 60.2 Å². The Morgan fingerprint density at radius 3 is 3.10 bits per heavy atom. The Morgan fingerprint density at radius 1 is 1.43 bits per heavy atom. The molecule has 0 amide bonds. The number of benzene rings is 1. The molecule has 2 aromatic rings. The van der Waals surface area contributed by atoms with Gasteiger partial charge in [0.2, 0.25) is 0 Å². The van der Waals surface area contributed by atoms with Crippen LogP contribution in [0.4, 0.5) is 0 Å². The van der Waals surface area contributed by atoms with Gasteiger partial charge < -0.3 is 9.84 Å². The molecule has 1 aliphatic carbocycles. The third-order valence-electron chi connectivity index (χ3n) is 3.90. The highest BCUT2D eigenvalue weighted by atomic mass is 16.5. The third kappa shape index (κ3) is 2.93. The molecule has 0 saturated carbocycles. The zero-order valence-corrected chi connectivity index (χ0v) is 12.5. The van der Waals surface area contributed by atoms with E-state index >= 15 is 0 Å². The van der Waals surface area contributed by atoms with Crippen molar-refractivity contribution in [2.45, 2.75) is 51.9 Å². The highest BCUT2D eigenvalue weighted by molar-refractivity contribution is 5.38. The van der Waals surface area contributed by atoms with Crippen molar-refractivity contribution in [1.82, 2.24) is 14.8 Å². The summed E-state index contributed by atoms with van der Waals surface area (Å²) < 4.78 is 7.68. The normalized spacial score (nSPS) is 17.8. The summed E-state index contributed by atoms with van der Waals surface area (Å²) in [7, 11) is 0. The fourth-order valence-electron chi connectivity index (χ4n) is 2.80. The van der Waals surface area contributed by atoms with E-state index in [0.717, 1.165) is 36.4 Å². The Bertz CT molecular complexity index is 622. The van der Waals surface area contributed by atoms with Crippen molar-refractivity contribution in [3.8, 4) is 5.75 Å². The van der Waals surface area contributed by atoms with Gasteiger partial charge in [-0.05, 0) is 56.4 Å². The van der Waals surface area contributed by atoms with Crippen LogP contribution < -0.4 is 4.74 Å². The van der Waals surface area contributed by atoms with Crippen molar-refractivity contribution in [2.75, 3.05) is 0 Å². The Balaban J connectivity index is 1.74. The van der Waals surface area contributed by atoms with Crippen molar-refractivity contribution in [1.29, 1.82) is 0 Å². The summed E-state index contributed by atoms with van der Waals surface area (Å²) in [6.45, 7) is 4.51. The summed E-state index contributed by atoms with van der Waals surface area (Å²) in [5.41, 5.74) is 2.23. The van der Waals surface area contributed by atoms with Gasteiger partial charge in [-0.2, -0.15) is 5.10 Å². The lowest BCUT2D eigenvalue weighted by Crippen LogP contribution is -2.12. The number of ether oxygens (including phenoxy) is 1. The lowest BCUT2D eigenvalue weighted by Gasteiger charge is -2.22. The second-order valence-electron chi connectivity index (χ2n) is 5.77. The number of hydrogen-bond acceptors (Lipinski definition) is 4. The number of rotatable bonds is 4. The fourth-order valence-corrected chi connectivity index (χ4v) is 2.80. The second kappa shape index (κ2) is 5.85. The van der Waals surface area contributed by atoms with Gasteiger partial charge in [0.15, 0.2) is 5.82 Å². The molecule has 0 spiro atoms. The van der Waals surface area contributed by atoms with Crippen LogP contribution in [0.15, 0.2) is 24.5 Å². The smallest absolute Gasteiger partial charge is 0.165 e. The number of aliphatic hydroxyl groups excluding tert-OH is 1. The Morgan fingerprint density at radius 2 is 2.29 bits per heavy atom. The molecule has 1 aromatic heterocycles. The van der Waals surface area contributed by atoms with Gasteiger partial charge >= 0.3 is 0 Å². The monoisotopic (exact) mass is 287 g/mol. The van der Waals surface area contributed by atoms with Crippen LogP contribution in [0.3, 0.4) is 0 Å². The number of aromatic nitrogens is 3. The molecule has 0 saturated heterocycles. The lowest BCUT2D eigenvalue weighted by molar-refractivity contribution is 0.156. The average molecular weight is 287 g/mol. The zero-order valence-electron chi connectivity index (χ0n) is 12.5. The molecule has 1 heterocycles. The molecule has 21 heavy (non-hydrogen) atoms. The minimum absolute atomic E-state index is 0.261. The maximum absolute atomic E-state index is 10.1. The van der Waals surface area contributed by atoms with E-state index in [9.17, 15) is 5.11 Å². The van der Waals surface area contributed by atoms with Crippen molar-refractivity contribution >= 4 is 0 Å². The van der Waals surface area contributed by atoms with E-state index in [2.05, 4.69) is 30.0 Å². The highest BCUT2D eigenvalue weighted by Gasteiger charge is 2.18. The minimum atomic E-state index is -0.364.